The van der Waals surface area contributed by atoms with Crippen LogP contribution in [0.1, 0.15) is 68.0 Å². The molecule has 3 fully saturated rings. The van der Waals surface area contributed by atoms with Gasteiger partial charge in [-0.25, -0.2) is 14.6 Å². The van der Waals surface area contributed by atoms with Gasteiger partial charge in [0.2, 0.25) is 12.0 Å². The molecule has 0 spiro atoms. The summed E-state index contributed by atoms with van der Waals surface area (Å²) in [4.78, 5) is 78.4. The minimum Gasteiger partial charge on any atom is -0.457 e. The van der Waals surface area contributed by atoms with Crippen LogP contribution in [0.5, 0.6) is 0 Å². The number of ketones is 1. The number of Topliss-reactive ketones (excluding diaryl/α,β-unsaturated/α-hetero) is 1. The molecule has 1 amide bonds. The van der Waals surface area contributed by atoms with Gasteiger partial charge in [-0.05, 0) is 44.4 Å². The molecule has 3 aromatic rings. The zero-order valence-electron chi connectivity index (χ0n) is 29.6. The van der Waals surface area contributed by atoms with Crippen molar-refractivity contribution in [1.82, 2.24) is 9.88 Å². The van der Waals surface area contributed by atoms with Crippen LogP contribution >= 0.6 is 11.3 Å². The van der Waals surface area contributed by atoms with Gasteiger partial charge >= 0.3 is 17.9 Å². The smallest absolute Gasteiger partial charge is 0.373 e. The van der Waals surface area contributed by atoms with Gasteiger partial charge in [0.25, 0.3) is 5.72 Å². The number of carbonyl (C=O) groups is 5. The molecular weight excluding hydrogens is 723 g/mol. The highest BCUT2D eigenvalue weighted by molar-refractivity contribution is 7.85. The Bertz CT molecular complexity index is 1940. The van der Waals surface area contributed by atoms with E-state index in [1.54, 1.807) is 25.3 Å². The van der Waals surface area contributed by atoms with Crippen molar-refractivity contribution in [3.63, 3.8) is 0 Å². The lowest BCUT2D eigenvalue weighted by Crippen LogP contribution is -2.78. The van der Waals surface area contributed by atoms with Gasteiger partial charge in [-0.3, -0.25) is 23.5 Å². The second-order valence-electron chi connectivity index (χ2n) is 13.2. The lowest BCUT2D eigenvalue weighted by molar-refractivity contribution is -0.222. The largest absolute Gasteiger partial charge is 0.457 e. The van der Waals surface area contributed by atoms with Gasteiger partial charge in [-0.2, -0.15) is 0 Å². The number of β-lactam (4-membered cyclic amide) rings is 1. The number of oxime groups is 1. The lowest BCUT2D eigenvalue weighted by Gasteiger charge is -2.56. The fraction of sp³-hybridized carbons (Fsp3) is 0.395. The molecule has 0 unspecified atom stereocenters. The Hall–Kier alpha value is -5.02. The molecule has 53 heavy (non-hydrogen) atoms. The van der Waals surface area contributed by atoms with E-state index >= 15 is 0 Å². The third-order valence-corrected chi connectivity index (χ3v) is 11.8. The number of allylic oxidation sites excluding steroid dienone is 1. The summed E-state index contributed by atoms with van der Waals surface area (Å²) >= 11 is 1.26. The first-order valence-electron chi connectivity index (χ1n) is 17.2. The quantitative estimate of drug-likeness (QED) is 0.0564. The molecule has 6 rings (SSSR count). The van der Waals surface area contributed by atoms with E-state index in [9.17, 15) is 28.2 Å². The Morgan fingerprint density at radius 1 is 1.09 bits per heavy atom. The Labute approximate surface area is 312 Å². The molecule has 3 aliphatic heterocycles. The zero-order chi connectivity index (χ0) is 37.9. The summed E-state index contributed by atoms with van der Waals surface area (Å²) < 4.78 is 30.5. The minimum absolute atomic E-state index is 0.106. The summed E-state index contributed by atoms with van der Waals surface area (Å²) in [6, 6.07) is 18.5. The molecule has 2 aromatic carbocycles. The molecule has 0 aliphatic carbocycles. The van der Waals surface area contributed by atoms with E-state index in [4.69, 9.17) is 19.0 Å². The number of aromatic nitrogens is 1. The normalized spacial score (nSPS) is 23.9. The topological polar surface area (TPSA) is 168 Å². The first-order valence-corrected chi connectivity index (χ1v) is 19.4. The van der Waals surface area contributed by atoms with Crippen LogP contribution in [0.2, 0.25) is 0 Å². The summed E-state index contributed by atoms with van der Waals surface area (Å²) in [5.74, 6) is -5.81. The average Bonchev–Trinajstić information content (AvgIpc) is 3.72. The number of amides is 1. The summed E-state index contributed by atoms with van der Waals surface area (Å²) in [6.07, 6.45) is -0.792. The maximum atomic E-state index is 14.0. The number of rotatable bonds is 14. The maximum Gasteiger partial charge on any atom is 0.373 e. The summed E-state index contributed by atoms with van der Waals surface area (Å²) in [6.45, 7) is 6.98. The van der Waals surface area contributed by atoms with E-state index in [0.717, 1.165) is 21.6 Å². The number of hydrogen-bond donors (Lipinski definition) is 0. The highest BCUT2D eigenvalue weighted by atomic mass is 32.2. The van der Waals surface area contributed by atoms with Gasteiger partial charge in [0.15, 0.2) is 17.6 Å². The molecule has 0 bridgehead atoms. The molecule has 6 atom stereocenters. The Balaban J connectivity index is 1.22. The van der Waals surface area contributed by atoms with Crippen LogP contribution in [0.3, 0.4) is 0 Å². The molecule has 1 aromatic heterocycles. The van der Waals surface area contributed by atoms with Crippen LogP contribution in [-0.2, 0) is 53.8 Å². The number of nitrogens with zero attached hydrogens (tertiary/aromatic N) is 3. The van der Waals surface area contributed by atoms with Crippen LogP contribution in [0.25, 0.3) is 0 Å². The average molecular weight is 762 g/mol. The molecule has 278 valence electrons. The Kier molecular flexibility index (Phi) is 11.3. The van der Waals surface area contributed by atoms with E-state index in [2.05, 4.69) is 10.1 Å². The highest BCUT2D eigenvalue weighted by Gasteiger charge is 2.73. The number of carbonyl (C=O) groups excluding carboxylic acids is 5. The van der Waals surface area contributed by atoms with E-state index in [-0.39, 0.29) is 36.6 Å². The van der Waals surface area contributed by atoms with Crippen LogP contribution in [0, 0.1) is 18.8 Å². The molecule has 13 nitrogen and oxygen atoms in total. The van der Waals surface area contributed by atoms with Crippen LogP contribution in [-0.4, -0.2) is 79.0 Å². The number of hydrogen-bond acceptors (Lipinski definition) is 13. The van der Waals surface area contributed by atoms with Crippen molar-refractivity contribution in [1.29, 1.82) is 0 Å². The predicted octanol–water partition coefficient (Wildman–Crippen LogP) is 4.56. The fourth-order valence-electron chi connectivity index (χ4n) is 6.60. The number of ether oxygens (including phenoxy) is 3. The van der Waals surface area contributed by atoms with Crippen molar-refractivity contribution in [2.24, 2.45) is 17.0 Å². The second-order valence-corrected chi connectivity index (χ2v) is 15.8. The summed E-state index contributed by atoms with van der Waals surface area (Å²) in [7, 11) is -1.73. The number of esters is 3. The van der Waals surface area contributed by atoms with Gasteiger partial charge in [-0.1, -0.05) is 78.3 Å². The first kappa shape index (κ1) is 37.7. The summed E-state index contributed by atoms with van der Waals surface area (Å²) in [5, 5.41) is 5.25. The highest BCUT2D eigenvalue weighted by Crippen LogP contribution is 2.51. The molecule has 3 saturated heterocycles. The maximum absolute atomic E-state index is 14.0. The number of benzene rings is 2. The predicted molar refractivity (Wildman–Crippen MR) is 193 cm³/mol. The fourth-order valence-corrected chi connectivity index (χ4v) is 9.21. The summed E-state index contributed by atoms with van der Waals surface area (Å²) in [5.41, 5.74) is 0.251. The van der Waals surface area contributed by atoms with Crippen molar-refractivity contribution >= 4 is 57.4 Å². The molecule has 0 radical (unpaired) electrons. The van der Waals surface area contributed by atoms with Crippen LogP contribution in [0.15, 0.2) is 82.8 Å². The molecular formula is C38H39N3O10S2. The van der Waals surface area contributed by atoms with Gasteiger partial charge in [-0.15, -0.1) is 11.3 Å². The molecule has 0 saturated carbocycles. The second kappa shape index (κ2) is 15.9. The number of thiazole rings is 1. The van der Waals surface area contributed by atoms with E-state index in [1.165, 1.54) is 11.3 Å². The number of fused-ring (bicyclic) bond motifs is 3. The Morgan fingerprint density at radius 3 is 2.34 bits per heavy atom. The zero-order valence-corrected chi connectivity index (χ0v) is 31.2. The lowest BCUT2D eigenvalue weighted by atomic mass is 9.84. The monoisotopic (exact) mass is 761 g/mol. The molecule has 3 aliphatic rings. The van der Waals surface area contributed by atoms with Gasteiger partial charge in [0.05, 0.1) is 23.3 Å². The first-order chi connectivity index (χ1) is 25.4. The number of aryl methyl sites for hydroxylation is 1. The SMILES string of the molecule is CC[C@H](O/N=C(\C(=O)C[C@@H]1C(=O)N2[C@@H]1[S@@](=O)C[C@@H]1CC(=O)O[C@@]12C(=O)OCC=C(C)C)c1csc(C)n1)C(=O)OC(c1ccccc1)c1ccccc1. The molecule has 15 heteroatoms. The minimum atomic E-state index is -2.07. The van der Waals surface area contributed by atoms with E-state index < -0.39 is 82.0 Å². The van der Waals surface area contributed by atoms with Crippen molar-refractivity contribution in [3.8, 4) is 0 Å². The molecule has 4 heterocycles. The van der Waals surface area contributed by atoms with Crippen LogP contribution in [0.4, 0.5) is 0 Å². The van der Waals surface area contributed by atoms with Gasteiger partial charge < -0.3 is 19.0 Å². The third-order valence-electron chi connectivity index (χ3n) is 9.25. The van der Waals surface area contributed by atoms with Gasteiger partial charge in [0.1, 0.15) is 17.7 Å². The third kappa shape index (κ3) is 7.58. The van der Waals surface area contributed by atoms with Gasteiger partial charge in [0, 0.05) is 28.4 Å². The van der Waals surface area contributed by atoms with Crippen molar-refractivity contribution in [3.05, 3.63) is 99.5 Å². The van der Waals surface area contributed by atoms with Crippen LogP contribution < -0.4 is 0 Å². The molecule has 0 N–H and O–H groups in total. The Morgan fingerprint density at radius 2 is 1.75 bits per heavy atom. The van der Waals surface area contributed by atoms with E-state index in [1.807, 2.05) is 74.5 Å². The van der Waals surface area contributed by atoms with Crippen molar-refractivity contribution in [2.45, 2.75) is 70.3 Å². The van der Waals surface area contributed by atoms with Crippen molar-refractivity contribution < 1.29 is 47.2 Å². The van der Waals surface area contributed by atoms with E-state index in [0.29, 0.717) is 5.01 Å². The standard InChI is InChI=1S/C38H39N3O10S2/c1-5-30(36(45)49-33(24-12-8-6-9-13-24)25-14-10-7-11-15-25)51-40-32(28-20-52-23(4)39-28)29(42)19-27-34(44)41-35(27)53(47)21-26-18-31(43)50-38(26,41)37(46)48-17-16-22(2)3/h6-16,20,26-27,30,33,35H,5,17-19,21H2,1-4H3/b40-32-/t26-,27+,30-,35+,38+,53-/m0/s1. The van der Waals surface area contributed by atoms with Crippen molar-refractivity contribution in [2.75, 3.05) is 12.4 Å².